The summed E-state index contributed by atoms with van der Waals surface area (Å²) in [5, 5.41) is 12.4. The van der Waals surface area contributed by atoms with Crippen molar-refractivity contribution in [1.29, 1.82) is 0 Å². The Balaban J connectivity index is 1.86. The van der Waals surface area contributed by atoms with E-state index >= 15 is 0 Å². The molecule has 0 saturated carbocycles. The second-order valence-corrected chi connectivity index (χ2v) is 5.02. The number of hydrogen-bond acceptors (Lipinski definition) is 4. The Labute approximate surface area is 121 Å². The zero-order valence-electron chi connectivity index (χ0n) is 11.5. The summed E-state index contributed by atoms with van der Waals surface area (Å²) < 4.78 is 26.5. The molecule has 4 nitrogen and oxygen atoms in total. The molecule has 0 spiro atoms. The van der Waals surface area contributed by atoms with Crippen molar-refractivity contribution in [2.75, 3.05) is 6.61 Å². The van der Waals surface area contributed by atoms with E-state index in [4.69, 9.17) is 9.94 Å². The van der Waals surface area contributed by atoms with Crippen molar-refractivity contribution >= 4 is 11.5 Å². The molecule has 0 aromatic heterocycles. The molecule has 1 atom stereocenters. The Morgan fingerprint density at radius 3 is 2.90 bits per heavy atom. The first-order valence-corrected chi connectivity index (χ1v) is 6.91. The summed E-state index contributed by atoms with van der Waals surface area (Å²) in [5.74, 6) is -1.30. The first kappa shape index (κ1) is 15.6. The van der Waals surface area contributed by atoms with Crippen LogP contribution in [0.1, 0.15) is 37.7 Å². The quantitative estimate of drug-likeness (QED) is 0.787. The largest absolute Gasteiger partial charge is 0.396 e. The molecule has 1 aliphatic rings. The van der Waals surface area contributed by atoms with Crippen molar-refractivity contribution in [3.05, 3.63) is 35.4 Å². The van der Waals surface area contributed by atoms with Crippen LogP contribution in [0.5, 0.6) is 0 Å². The number of nitrogens with zero attached hydrogens (tertiary/aromatic N) is 1. The highest BCUT2D eigenvalue weighted by molar-refractivity contribution is 6.01. The van der Waals surface area contributed by atoms with Gasteiger partial charge >= 0.3 is 0 Å². The van der Waals surface area contributed by atoms with Gasteiger partial charge in [0.25, 0.3) is 0 Å². The lowest BCUT2D eigenvalue weighted by Gasteiger charge is -2.07. The predicted molar refractivity (Wildman–Crippen MR) is 72.9 cm³/mol. The summed E-state index contributed by atoms with van der Waals surface area (Å²) in [7, 11) is 0. The Hall–Kier alpha value is -1.82. The molecule has 0 fully saturated rings. The van der Waals surface area contributed by atoms with E-state index < -0.39 is 17.7 Å². The zero-order chi connectivity index (χ0) is 15.2. The number of aliphatic hydroxyl groups is 1. The van der Waals surface area contributed by atoms with Crippen LogP contribution in [-0.2, 0) is 9.63 Å². The molecule has 1 unspecified atom stereocenters. The number of rotatable bonds is 7. The van der Waals surface area contributed by atoms with E-state index in [0.717, 1.165) is 12.1 Å². The van der Waals surface area contributed by atoms with E-state index in [1.165, 1.54) is 6.07 Å². The Morgan fingerprint density at radius 2 is 2.19 bits per heavy atom. The maximum absolute atomic E-state index is 13.6. The molecule has 1 N–H and O–H groups in total. The van der Waals surface area contributed by atoms with Gasteiger partial charge < -0.3 is 9.94 Å². The second kappa shape index (κ2) is 7.26. The lowest BCUT2D eigenvalue weighted by molar-refractivity contribution is -0.121. The van der Waals surface area contributed by atoms with E-state index in [1.54, 1.807) is 0 Å². The van der Waals surface area contributed by atoms with E-state index in [0.29, 0.717) is 31.4 Å². The lowest BCUT2D eigenvalue weighted by Crippen LogP contribution is -2.15. The number of unbranched alkanes of at least 4 members (excludes halogenated alkanes) is 1. The number of hydrogen-bond donors (Lipinski definition) is 1. The molecule has 114 valence electrons. The molecule has 2 rings (SSSR count). The van der Waals surface area contributed by atoms with Crippen molar-refractivity contribution in [1.82, 2.24) is 0 Å². The van der Waals surface area contributed by atoms with Crippen LogP contribution < -0.4 is 0 Å². The fraction of sp³-hybridized carbons (Fsp3) is 0.467. The van der Waals surface area contributed by atoms with Gasteiger partial charge in [0.05, 0.1) is 5.71 Å². The summed E-state index contributed by atoms with van der Waals surface area (Å²) in [6.07, 6.45) is 1.77. The number of benzene rings is 1. The number of carbonyl (C=O) groups excluding carboxylic acids is 1. The van der Waals surface area contributed by atoms with E-state index in [-0.39, 0.29) is 24.4 Å². The average Bonchev–Trinajstić information content (AvgIpc) is 2.87. The van der Waals surface area contributed by atoms with Crippen LogP contribution in [0.25, 0.3) is 0 Å². The molecule has 0 bridgehead atoms. The minimum Gasteiger partial charge on any atom is -0.396 e. The van der Waals surface area contributed by atoms with E-state index in [2.05, 4.69) is 5.16 Å². The van der Waals surface area contributed by atoms with E-state index in [9.17, 15) is 13.6 Å². The minimum atomic E-state index is -0.688. The molecule has 0 aliphatic carbocycles. The lowest BCUT2D eigenvalue weighted by atomic mass is 10.00. The summed E-state index contributed by atoms with van der Waals surface area (Å²) in [6.45, 7) is 0.0737. The van der Waals surface area contributed by atoms with Gasteiger partial charge in [-0.05, 0) is 25.0 Å². The molecule has 0 saturated heterocycles. The maximum Gasteiger partial charge on any atom is 0.140 e. The van der Waals surface area contributed by atoms with Gasteiger partial charge in [0.15, 0.2) is 0 Å². The Morgan fingerprint density at radius 1 is 1.38 bits per heavy atom. The Bertz CT molecular complexity index is 546. The molecule has 1 aromatic carbocycles. The van der Waals surface area contributed by atoms with Crippen LogP contribution in [0.2, 0.25) is 0 Å². The van der Waals surface area contributed by atoms with Gasteiger partial charge in [-0.3, -0.25) is 4.79 Å². The Kier molecular flexibility index (Phi) is 5.38. The second-order valence-electron chi connectivity index (χ2n) is 5.02. The monoisotopic (exact) mass is 297 g/mol. The summed E-state index contributed by atoms with van der Waals surface area (Å²) in [6, 6.07) is 3.28. The van der Waals surface area contributed by atoms with Crippen molar-refractivity contribution < 1.29 is 23.5 Å². The van der Waals surface area contributed by atoms with E-state index in [1.807, 2.05) is 0 Å². The van der Waals surface area contributed by atoms with Gasteiger partial charge in [-0.1, -0.05) is 5.16 Å². The smallest absolute Gasteiger partial charge is 0.140 e. The van der Waals surface area contributed by atoms with Crippen molar-refractivity contribution in [2.45, 2.75) is 38.2 Å². The average molecular weight is 297 g/mol. The van der Waals surface area contributed by atoms with Gasteiger partial charge in [0, 0.05) is 37.5 Å². The topological polar surface area (TPSA) is 58.9 Å². The number of oxime groups is 1. The predicted octanol–water partition coefficient (Wildman–Crippen LogP) is 2.58. The van der Waals surface area contributed by atoms with Gasteiger partial charge in [0.2, 0.25) is 0 Å². The number of carbonyl (C=O) groups is 1. The summed E-state index contributed by atoms with van der Waals surface area (Å²) >= 11 is 0. The number of ketones is 1. The fourth-order valence-corrected chi connectivity index (χ4v) is 2.21. The highest BCUT2D eigenvalue weighted by atomic mass is 19.1. The maximum atomic E-state index is 13.6. The highest BCUT2D eigenvalue weighted by Gasteiger charge is 2.26. The van der Waals surface area contributed by atoms with Gasteiger partial charge in [0.1, 0.15) is 23.5 Å². The summed E-state index contributed by atoms with van der Waals surface area (Å²) in [5.41, 5.74) is 0.590. The van der Waals surface area contributed by atoms with Crippen molar-refractivity contribution in [2.24, 2.45) is 5.16 Å². The first-order valence-electron chi connectivity index (χ1n) is 6.91. The van der Waals surface area contributed by atoms with Crippen LogP contribution in [-0.4, -0.2) is 29.3 Å². The van der Waals surface area contributed by atoms with Crippen LogP contribution in [0, 0.1) is 11.6 Å². The third-order valence-electron chi connectivity index (χ3n) is 3.29. The molecule has 1 aromatic rings. The molecular formula is C15H17F2NO3. The highest BCUT2D eigenvalue weighted by Crippen LogP contribution is 2.22. The SMILES string of the molecule is O=C(CCCCO)CC1CC(c2ccc(F)cc2F)=NO1. The van der Waals surface area contributed by atoms with Crippen LogP contribution >= 0.6 is 0 Å². The van der Waals surface area contributed by atoms with Crippen LogP contribution in [0.3, 0.4) is 0 Å². The van der Waals surface area contributed by atoms with Crippen LogP contribution in [0.4, 0.5) is 8.78 Å². The number of Topliss-reactive ketones (excluding diaryl/α,β-unsaturated/α-hetero) is 1. The fourth-order valence-electron chi connectivity index (χ4n) is 2.21. The molecule has 0 amide bonds. The standard InChI is InChI=1S/C15H17F2NO3/c16-10-4-5-13(14(17)7-10)15-9-12(21-18-15)8-11(20)3-1-2-6-19/h4-5,7,12,19H,1-3,6,8-9H2. The molecule has 6 heteroatoms. The minimum absolute atomic E-state index is 0.0319. The third kappa shape index (κ3) is 4.32. The molecule has 1 heterocycles. The number of halogens is 2. The molecule has 21 heavy (non-hydrogen) atoms. The van der Waals surface area contributed by atoms with Crippen LogP contribution in [0.15, 0.2) is 23.4 Å². The van der Waals surface area contributed by atoms with Crippen molar-refractivity contribution in [3.63, 3.8) is 0 Å². The zero-order valence-corrected chi connectivity index (χ0v) is 11.5. The van der Waals surface area contributed by atoms with Gasteiger partial charge in [-0.2, -0.15) is 0 Å². The molecule has 1 aliphatic heterocycles. The summed E-state index contributed by atoms with van der Waals surface area (Å²) in [4.78, 5) is 16.8. The molecule has 0 radical (unpaired) electrons. The third-order valence-corrected chi connectivity index (χ3v) is 3.29. The first-order chi connectivity index (χ1) is 10.1. The number of aliphatic hydroxyl groups excluding tert-OH is 1. The van der Waals surface area contributed by atoms with Gasteiger partial charge in [-0.15, -0.1) is 0 Å². The normalized spacial score (nSPS) is 17.5. The van der Waals surface area contributed by atoms with Crippen molar-refractivity contribution in [3.8, 4) is 0 Å². The van der Waals surface area contributed by atoms with Gasteiger partial charge in [-0.25, -0.2) is 8.78 Å². The molecular weight excluding hydrogens is 280 g/mol.